The second-order valence-electron chi connectivity index (χ2n) is 8.65. The fourth-order valence-electron chi connectivity index (χ4n) is 4.38. The van der Waals surface area contributed by atoms with Gasteiger partial charge in [0.15, 0.2) is 0 Å². The number of anilines is 2. The van der Waals surface area contributed by atoms with Gasteiger partial charge in [0.25, 0.3) is 5.92 Å². The maximum Gasteiger partial charge on any atom is 0.261 e. The minimum atomic E-state index is -2.75. The van der Waals surface area contributed by atoms with Gasteiger partial charge in [-0.15, -0.1) is 0 Å². The number of imidazole rings is 1. The van der Waals surface area contributed by atoms with Crippen molar-refractivity contribution >= 4 is 17.4 Å². The molecule has 178 valence electrons. The monoisotopic (exact) mass is 473 g/mol. The highest BCUT2D eigenvalue weighted by atomic mass is 19.3. The predicted octanol–water partition coefficient (Wildman–Crippen LogP) is 4.26. The Labute approximate surface area is 193 Å². The van der Waals surface area contributed by atoms with Gasteiger partial charge in [0.05, 0.1) is 19.6 Å². The van der Waals surface area contributed by atoms with E-state index in [4.69, 9.17) is 4.98 Å². The summed E-state index contributed by atoms with van der Waals surface area (Å²) in [6.45, 7) is 0.801. The van der Waals surface area contributed by atoms with E-state index in [2.05, 4.69) is 5.32 Å². The van der Waals surface area contributed by atoms with Crippen molar-refractivity contribution in [3.63, 3.8) is 0 Å². The number of carbonyl (C=O) groups is 1. The summed E-state index contributed by atoms with van der Waals surface area (Å²) >= 11 is 0. The van der Waals surface area contributed by atoms with E-state index in [1.807, 2.05) is 4.57 Å². The predicted molar refractivity (Wildman–Crippen MR) is 119 cm³/mol. The molecule has 1 saturated heterocycles. The standard InChI is InChI=1S/C24H23F4N5O/c25-17-3-1-16(2-4-17)22-23(29-19-7-5-18(26)6-8-19)33-12-11-32(13-20(33)30-22)21(34)14-31-10-9-24(27,28)15-31/h1-8,29H,9-15H2. The van der Waals surface area contributed by atoms with Crippen LogP contribution in [0.1, 0.15) is 12.2 Å². The molecule has 0 saturated carbocycles. The van der Waals surface area contributed by atoms with Gasteiger partial charge in [-0.1, -0.05) is 0 Å². The van der Waals surface area contributed by atoms with Crippen LogP contribution in [0.15, 0.2) is 48.5 Å². The van der Waals surface area contributed by atoms with Crippen molar-refractivity contribution in [2.24, 2.45) is 0 Å². The fourth-order valence-corrected chi connectivity index (χ4v) is 4.38. The van der Waals surface area contributed by atoms with Crippen molar-refractivity contribution in [1.29, 1.82) is 0 Å². The van der Waals surface area contributed by atoms with Crippen LogP contribution in [0.5, 0.6) is 0 Å². The van der Waals surface area contributed by atoms with E-state index in [0.717, 1.165) is 0 Å². The maximum absolute atomic E-state index is 13.5. The van der Waals surface area contributed by atoms with Gasteiger partial charge in [-0.05, 0) is 48.5 Å². The largest absolute Gasteiger partial charge is 0.340 e. The molecule has 0 aliphatic carbocycles. The van der Waals surface area contributed by atoms with Gasteiger partial charge in [-0.25, -0.2) is 22.5 Å². The summed E-state index contributed by atoms with van der Waals surface area (Å²) in [5.41, 5.74) is 1.92. The molecule has 0 atom stereocenters. The van der Waals surface area contributed by atoms with Crippen LogP contribution in [0, 0.1) is 11.6 Å². The van der Waals surface area contributed by atoms with Gasteiger partial charge >= 0.3 is 0 Å². The first kappa shape index (κ1) is 22.4. The number of nitrogens with zero attached hydrogens (tertiary/aromatic N) is 4. The van der Waals surface area contributed by atoms with E-state index in [1.54, 1.807) is 29.2 Å². The van der Waals surface area contributed by atoms with Crippen LogP contribution in [0.4, 0.5) is 29.1 Å². The summed E-state index contributed by atoms with van der Waals surface area (Å²) < 4.78 is 55.8. The third-order valence-electron chi connectivity index (χ3n) is 6.16. The molecule has 5 rings (SSSR count). The number of nitrogens with one attached hydrogen (secondary N) is 1. The Balaban J connectivity index is 1.41. The number of rotatable bonds is 5. The number of carbonyl (C=O) groups excluding carboxylic acids is 1. The fraction of sp³-hybridized carbons (Fsp3) is 0.333. The molecule has 0 bridgehead atoms. The van der Waals surface area contributed by atoms with Crippen LogP contribution in [0.3, 0.4) is 0 Å². The number of hydrogen-bond donors (Lipinski definition) is 1. The summed E-state index contributed by atoms with van der Waals surface area (Å²) in [4.78, 5) is 20.6. The molecule has 1 amide bonds. The first-order valence-electron chi connectivity index (χ1n) is 11.0. The van der Waals surface area contributed by atoms with E-state index < -0.39 is 12.5 Å². The third kappa shape index (κ3) is 4.63. The normalized spacial score (nSPS) is 17.6. The highest BCUT2D eigenvalue weighted by Gasteiger charge is 2.39. The lowest BCUT2D eigenvalue weighted by Crippen LogP contribution is -2.44. The van der Waals surface area contributed by atoms with Crippen molar-refractivity contribution in [2.45, 2.75) is 25.4 Å². The molecule has 3 aromatic rings. The number of alkyl halides is 2. The van der Waals surface area contributed by atoms with Gasteiger partial charge in [0.1, 0.15) is 29.0 Å². The number of amides is 1. The SMILES string of the molecule is O=C(CN1CCC(F)(F)C1)N1CCn2c(nc(-c3ccc(F)cc3)c2Nc2ccc(F)cc2)C1. The number of hydrogen-bond acceptors (Lipinski definition) is 4. The number of fused-ring (bicyclic) bond motifs is 1. The molecule has 1 aromatic heterocycles. The quantitative estimate of drug-likeness (QED) is 0.563. The molecule has 3 heterocycles. The summed E-state index contributed by atoms with van der Waals surface area (Å²) in [5, 5.41) is 3.28. The van der Waals surface area contributed by atoms with Gasteiger partial charge in [0, 0.05) is 37.3 Å². The first-order chi connectivity index (χ1) is 16.3. The van der Waals surface area contributed by atoms with Crippen molar-refractivity contribution in [2.75, 3.05) is 31.5 Å². The molecular weight excluding hydrogens is 450 g/mol. The van der Waals surface area contributed by atoms with Crippen LogP contribution in [-0.2, 0) is 17.9 Å². The summed E-state index contributed by atoms with van der Waals surface area (Å²) in [6.07, 6.45) is -0.232. The van der Waals surface area contributed by atoms with E-state index in [-0.39, 0.29) is 43.6 Å². The lowest BCUT2D eigenvalue weighted by Gasteiger charge is -2.30. The highest BCUT2D eigenvalue weighted by Crippen LogP contribution is 2.33. The van der Waals surface area contributed by atoms with Crippen LogP contribution in [0.2, 0.25) is 0 Å². The smallest absolute Gasteiger partial charge is 0.261 e. The van der Waals surface area contributed by atoms with Crippen molar-refractivity contribution in [3.05, 3.63) is 66.0 Å². The Morgan fingerprint density at radius 3 is 2.29 bits per heavy atom. The Morgan fingerprint density at radius 1 is 0.971 bits per heavy atom. The molecule has 1 N–H and O–H groups in total. The minimum Gasteiger partial charge on any atom is -0.340 e. The highest BCUT2D eigenvalue weighted by molar-refractivity contribution is 5.79. The van der Waals surface area contributed by atoms with E-state index in [9.17, 15) is 22.4 Å². The molecule has 10 heteroatoms. The van der Waals surface area contributed by atoms with Crippen LogP contribution in [0.25, 0.3) is 11.3 Å². The lowest BCUT2D eigenvalue weighted by atomic mass is 10.1. The summed E-state index contributed by atoms with van der Waals surface area (Å²) in [6, 6.07) is 11.8. The van der Waals surface area contributed by atoms with Gasteiger partial charge in [-0.2, -0.15) is 0 Å². The Kier molecular flexibility index (Phi) is 5.76. The maximum atomic E-state index is 13.5. The van der Waals surface area contributed by atoms with E-state index in [0.29, 0.717) is 41.7 Å². The zero-order valence-electron chi connectivity index (χ0n) is 18.3. The Morgan fingerprint density at radius 2 is 1.65 bits per heavy atom. The Hall–Kier alpha value is -3.40. The van der Waals surface area contributed by atoms with Crippen molar-refractivity contribution in [1.82, 2.24) is 19.4 Å². The molecule has 2 aliphatic rings. The number of halogens is 4. The number of likely N-dealkylation sites (tertiary alicyclic amines) is 1. The molecule has 1 fully saturated rings. The van der Waals surface area contributed by atoms with Gasteiger partial charge < -0.3 is 14.8 Å². The van der Waals surface area contributed by atoms with Gasteiger partial charge in [0.2, 0.25) is 5.91 Å². The molecule has 2 aromatic carbocycles. The average Bonchev–Trinajstić information content (AvgIpc) is 3.34. The van der Waals surface area contributed by atoms with Crippen LogP contribution < -0.4 is 5.32 Å². The second-order valence-corrected chi connectivity index (χ2v) is 8.65. The van der Waals surface area contributed by atoms with Crippen molar-refractivity contribution < 1.29 is 22.4 Å². The zero-order valence-corrected chi connectivity index (χ0v) is 18.3. The zero-order chi connectivity index (χ0) is 23.9. The molecule has 34 heavy (non-hydrogen) atoms. The second kappa shape index (κ2) is 8.75. The van der Waals surface area contributed by atoms with Crippen LogP contribution in [-0.4, -0.2) is 57.4 Å². The van der Waals surface area contributed by atoms with E-state index >= 15 is 0 Å². The minimum absolute atomic E-state index is 0.0538. The molecule has 6 nitrogen and oxygen atoms in total. The van der Waals surface area contributed by atoms with Crippen LogP contribution >= 0.6 is 0 Å². The third-order valence-corrected chi connectivity index (χ3v) is 6.16. The summed E-state index contributed by atoms with van der Waals surface area (Å²) in [7, 11) is 0. The summed E-state index contributed by atoms with van der Waals surface area (Å²) in [5.74, 6) is -2.42. The number of aromatic nitrogens is 2. The topological polar surface area (TPSA) is 53.4 Å². The average molecular weight is 473 g/mol. The molecule has 2 aliphatic heterocycles. The molecular formula is C24H23F4N5O. The van der Waals surface area contributed by atoms with Gasteiger partial charge in [-0.3, -0.25) is 9.69 Å². The first-order valence-corrected chi connectivity index (χ1v) is 11.0. The Bertz CT molecular complexity index is 1190. The lowest BCUT2D eigenvalue weighted by molar-refractivity contribution is -0.134. The molecule has 0 radical (unpaired) electrons. The molecule has 0 unspecified atom stereocenters. The molecule has 0 spiro atoms. The van der Waals surface area contributed by atoms with Crippen molar-refractivity contribution in [3.8, 4) is 11.3 Å². The number of benzene rings is 2. The van der Waals surface area contributed by atoms with E-state index in [1.165, 1.54) is 29.2 Å².